The number of methoxy groups -OCH3 is 1. The smallest absolute Gasteiger partial charge is 0.322 e. The van der Waals surface area contributed by atoms with Crippen LogP contribution in [0.2, 0.25) is 0 Å². The summed E-state index contributed by atoms with van der Waals surface area (Å²) in [6, 6.07) is 0.769. The van der Waals surface area contributed by atoms with Crippen LogP contribution in [0.15, 0.2) is 0 Å². The number of aliphatic hydroxyl groups is 1. The molecule has 2 N–H and O–H groups in total. The maximum Gasteiger partial charge on any atom is 0.322 e. The van der Waals surface area contributed by atoms with Crippen LogP contribution in [0.25, 0.3) is 0 Å². The molecule has 0 radical (unpaired) electrons. The fraction of sp³-hybridized carbons (Fsp3) is 0.750. The van der Waals surface area contributed by atoms with Crippen LogP contribution < -0.4 is 15.0 Å². The SMILES string of the molecule is CNc1nc(OC)nc(N(CCCO)C2CCC2)n1. The van der Waals surface area contributed by atoms with Crippen molar-refractivity contribution in [2.45, 2.75) is 31.7 Å². The van der Waals surface area contributed by atoms with Crippen molar-refractivity contribution in [2.75, 3.05) is 37.5 Å². The maximum absolute atomic E-state index is 9.02. The minimum absolute atomic E-state index is 0.171. The molecule has 0 bridgehead atoms. The molecule has 1 aromatic heterocycles. The van der Waals surface area contributed by atoms with Gasteiger partial charge in [0.25, 0.3) is 0 Å². The number of hydrogen-bond donors (Lipinski definition) is 2. The monoisotopic (exact) mass is 267 g/mol. The van der Waals surface area contributed by atoms with Gasteiger partial charge in [-0.2, -0.15) is 15.0 Å². The van der Waals surface area contributed by atoms with Crippen LogP contribution in [-0.2, 0) is 0 Å². The molecule has 0 saturated heterocycles. The molecular formula is C12H21N5O2. The predicted molar refractivity (Wildman–Crippen MR) is 72.6 cm³/mol. The lowest BCUT2D eigenvalue weighted by atomic mass is 9.91. The zero-order valence-corrected chi connectivity index (χ0v) is 11.5. The van der Waals surface area contributed by atoms with E-state index >= 15 is 0 Å². The molecule has 1 heterocycles. The molecular weight excluding hydrogens is 246 g/mol. The second-order valence-corrected chi connectivity index (χ2v) is 4.55. The van der Waals surface area contributed by atoms with Crippen molar-refractivity contribution >= 4 is 11.9 Å². The second kappa shape index (κ2) is 6.51. The summed E-state index contributed by atoms with van der Waals surface area (Å²) in [6.45, 7) is 0.918. The quantitative estimate of drug-likeness (QED) is 0.751. The molecule has 1 aliphatic carbocycles. The lowest BCUT2D eigenvalue weighted by Gasteiger charge is -2.37. The third kappa shape index (κ3) is 3.23. The van der Waals surface area contributed by atoms with Crippen molar-refractivity contribution in [3.05, 3.63) is 0 Å². The fourth-order valence-corrected chi connectivity index (χ4v) is 2.06. The summed E-state index contributed by atoms with van der Waals surface area (Å²) in [6.07, 6.45) is 4.24. The molecule has 19 heavy (non-hydrogen) atoms. The van der Waals surface area contributed by atoms with Gasteiger partial charge in [0.15, 0.2) is 0 Å². The summed E-state index contributed by atoms with van der Waals surface area (Å²) >= 11 is 0. The molecule has 2 rings (SSSR count). The van der Waals surface area contributed by atoms with Gasteiger partial charge in [-0.15, -0.1) is 0 Å². The first-order valence-electron chi connectivity index (χ1n) is 6.63. The predicted octanol–water partition coefficient (Wildman–Crippen LogP) is 0.663. The van der Waals surface area contributed by atoms with Crippen LogP contribution in [0, 0.1) is 0 Å². The van der Waals surface area contributed by atoms with Crippen LogP contribution in [0.3, 0.4) is 0 Å². The van der Waals surface area contributed by atoms with E-state index in [0.29, 0.717) is 30.4 Å². The van der Waals surface area contributed by atoms with Gasteiger partial charge < -0.3 is 20.1 Å². The molecule has 1 fully saturated rings. The minimum Gasteiger partial charge on any atom is -0.467 e. The molecule has 1 aromatic rings. The maximum atomic E-state index is 9.02. The third-order valence-corrected chi connectivity index (χ3v) is 3.34. The Morgan fingerprint density at radius 1 is 1.37 bits per heavy atom. The number of nitrogens with zero attached hydrogens (tertiary/aromatic N) is 4. The summed E-state index contributed by atoms with van der Waals surface area (Å²) in [7, 11) is 3.31. The van der Waals surface area contributed by atoms with Crippen molar-refractivity contribution in [2.24, 2.45) is 0 Å². The summed E-state index contributed by atoms with van der Waals surface area (Å²) in [4.78, 5) is 15.0. The second-order valence-electron chi connectivity index (χ2n) is 4.55. The highest BCUT2D eigenvalue weighted by atomic mass is 16.5. The van der Waals surface area contributed by atoms with Gasteiger partial charge >= 0.3 is 6.01 Å². The number of aliphatic hydroxyl groups excluding tert-OH is 1. The molecule has 0 unspecified atom stereocenters. The summed E-state index contributed by atoms with van der Waals surface area (Å²) < 4.78 is 5.11. The highest BCUT2D eigenvalue weighted by Gasteiger charge is 2.27. The van der Waals surface area contributed by atoms with E-state index < -0.39 is 0 Å². The molecule has 0 spiro atoms. The normalized spacial score (nSPS) is 14.9. The van der Waals surface area contributed by atoms with Crippen molar-refractivity contribution in [1.29, 1.82) is 0 Å². The van der Waals surface area contributed by atoms with E-state index in [0.717, 1.165) is 19.4 Å². The zero-order chi connectivity index (χ0) is 13.7. The Morgan fingerprint density at radius 2 is 2.16 bits per heavy atom. The van der Waals surface area contributed by atoms with Crippen molar-refractivity contribution in [1.82, 2.24) is 15.0 Å². The third-order valence-electron chi connectivity index (χ3n) is 3.34. The van der Waals surface area contributed by atoms with E-state index in [9.17, 15) is 0 Å². The number of rotatable bonds is 7. The Balaban J connectivity index is 2.23. The van der Waals surface area contributed by atoms with Crippen molar-refractivity contribution in [3.8, 4) is 6.01 Å². The molecule has 0 amide bonds. The molecule has 7 heteroatoms. The van der Waals surface area contributed by atoms with Gasteiger partial charge in [0.2, 0.25) is 11.9 Å². The van der Waals surface area contributed by atoms with Crippen LogP contribution in [0.5, 0.6) is 6.01 Å². The van der Waals surface area contributed by atoms with Gasteiger partial charge in [-0.1, -0.05) is 0 Å². The Bertz CT molecular complexity index is 389. The number of nitrogens with one attached hydrogen (secondary N) is 1. The summed E-state index contributed by atoms with van der Waals surface area (Å²) in [5.41, 5.74) is 0. The van der Waals surface area contributed by atoms with E-state index in [1.807, 2.05) is 0 Å². The Morgan fingerprint density at radius 3 is 2.68 bits per heavy atom. The van der Waals surface area contributed by atoms with Crippen molar-refractivity contribution < 1.29 is 9.84 Å². The molecule has 0 aliphatic heterocycles. The van der Waals surface area contributed by atoms with Gasteiger partial charge in [0.05, 0.1) is 7.11 Å². The number of aromatic nitrogens is 3. The molecule has 7 nitrogen and oxygen atoms in total. The highest BCUT2D eigenvalue weighted by molar-refractivity contribution is 5.39. The van der Waals surface area contributed by atoms with Gasteiger partial charge in [0, 0.05) is 26.2 Å². The number of anilines is 2. The van der Waals surface area contributed by atoms with E-state index in [1.165, 1.54) is 6.42 Å². The van der Waals surface area contributed by atoms with E-state index in [2.05, 4.69) is 25.2 Å². The zero-order valence-electron chi connectivity index (χ0n) is 11.5. The van der Waals surface area contributed by atoms with E-state index in [1.54, 1.807) is 14.2 Å². The standard InChI is InChI=1S/C12H21N5O2/c1-13-10-14-11(16-12(15-10)19-2)17(7-4-8-18)9-5-3-6-9/h9,18H,3-8H2,1-2H3,(H,13,14,15,16). The lowest BCUT2D eigenvalue weighted by Crippen LogP contribution is -2.42. The molecule has 1 saturated carbocycles. The Kier molecular flexibility index (Phi) is 4.73. The molecule has 0 atom stereocenters. The van der Waals surface area contributed by atoms with Crippen LogP contribution in [0.4, 0.5) is 11.9 Å². The molecule has 1 aliphatic rings. The van der Waals surface area contributed by atoms with Gasteiger partial charge in [-0.25, -0.2) is 0 Å². The minimum atomic E-state index is 0.171. The molecule has 106 valence electrons. The highest BCUT2D eigenvalue weighted by Crippen LogP contribution is 2.28. The topological polar surface area (TPSA) is 83.4 Å². The number of hydrogen-bond acceptors (Lipinski definition) is 7. The van der Waals surface area contributed by atoms with Gasteiger partial charge in [-0.3, -0.25) is 0 Å². The largest absolute Gasteiger partial charge is 0.467 e. The summed E-state index contributed by atoms with van der Waals surface area (Å²) in [5, 5.41) is 11.9. The van der Waals surface area contributed by atoms with Crippen LogP contribution >= 0.6 is 0 Å². The average Bonchev–Trinajstić information content (AvgIpc) is 2.40. The first-order chi connectivity index (χ1) is 9.28. The van der Waals surface area contributed by atoms with Gasteiger partial charge in [0.1, 0.15) is 0 Å². The number of ether oxygens (including phenoxy) is 1. The molecule has 0 aromatic carbocycles. The fourth-order valence-electron chi connectivity index (χ4n) is 2.06. The first-order valence-corrected chi connectivity index (χ1v) is 6.63. The van der Waals surface area contributed by atoms with Gasteiger partial charge in [-0.05, 0) is 25.7 Å². The van der Waals surface area contributed by atoms with E-state index in [4.69, 9.17) is 9.84 Å². The average molecular weight is 267 g/mol. The lowest BCUT2D eigenvalue weighted by molar-refractivity contribution is 0.282. The summed E-state index contributed by atoms with van der Waals surface area (Å²) in [5.74, 6) is 1.12. The van der Waals surface area contributed by atoms with E-state index in [-0.39, 0.29) is 6.61 Å². The van der Waals surface area contributed by atoms with Crippen molar-refractivity contribution in [3.63, 3.8) is 0 Å². The first kappa shape index (κ1) is 13.8. The van der Waals surface area contributed by atoms with Crippen LogP contribution in [-0.4, -0.2) is 53.4 Å². The van der Waals surface area contributed by atoms with Crippen LogP contribution in [0.1, 0.15) is 25.7 Å². The Labute approximate surface area is 113 Å². The Hall–Kier alpha value is -1.63.